The summed E-state index contributed by atoms with van der Waals surface area (Å²) in [5.74, 6) is 1.32. The number of aryl methyl sites for hydroxylation is 1. The molecule has 0 saturated heterocycles. The average Bonchev–Trinajstić information content (AvgIpc) is 2.14. The van der Waals surface area contributed by atoms with Gasteiger partial charge in [-0.25, -0.2) is 9.97 Å². The highest BCUT2D eigenvalue weighted by Gasteiger charge is 2.22. The fourth-order valence-electron chi connectivity index (χ4n) is 1.44. The molecule has 0 saturated carbocycles. The molecule has 3 nitrogen and oxygen atoms in total. The number of rotatable bonds is 3. The van der Waals surface area contributed by atoms with E-state index in [0.717, 1.165) is 17.2 Å². The van der Waals surface area contributed by atoms with E-state index in [-0.39, 0.29) is 11.2 Å². The monoisotopic (exact) mass is 234 g/mol. The number of carbonyl (C=O) groups is 1. The summed E-state index contributed by atoms with van der Waals surface area (Å²) in [7, 11) is 0. The zero-order valence-corrected chi connectivity index (χ0v) is 11.7. The molecule has 0 spiro atoms. The zero-order chi connectivity index (χ0) is 13.2. The molecule has 1 aromatic rings. The highest BCUT2D eigenvalue weighted by atomic mass is 16.1. The Morgan fingerprint density at radius 3 is 2.35 bits per heavy atom. The second kappa shape index (κ2) is 4.94. The summed E-state index contributed by atoms with van der Waals surface area (Å²) in [4.78, 5) is 20.8. The Kier molecular flexibility index (Phi) is 4.02. The average molecular weight is 234 g/mol. The van der Waals surface area contributed by atoms with Gasteiger partial charge in [0.05, 0.1) is 5.69 Å². The van der Waals surface area contributed by atoms with Crippen molar-refractivity contribution in [2.75, 3.05) is 0 Å². The predicted molar refractivity (Wildman–Crippen MR) is 69.0 cm³/mol. The third-order valence-electron chi connectivity index (χ3n) is 2.62. The summed E-state index contributed by atoms with van der Waals surface area (Å²) >= 11 is 0. The Morgan fingerprint density at radius 1 is 1.29 bits per heavy atom. The van der Waals surface area contributed by atoms with E-state index in [4.69, 9.17) is 0 Å². The molecule has 1 rings (SSSR count). The van der Waals surface area contributed by atoms with Gasteiger partial charge in [-0.2, -0.15) is 0 Å². The van der Waals surface area contributed by atoms with Crippen molar-refractivity contribution in [3.8, 4) is 0 Å². The van der Waals surface area contributed by atoms with Crippen LogP contribution in [-0.2, 0) is 11.2 Å². The van der Waals surface area contributed by atoms with Gasteiger partial charge in [-0.05, 0) is 13.0 Å². The zero-order valence-electron chi connectivity index (χ0n) is 11.7. The first-order chi connectivity index (χ1) is 7.70. The molecule has 0 amide bonds. The van der Waals surface area contributed by atoms with Crippen LogP contribution in [0, 0.1) is 12.3 Å². The van der Waals surface area contributed by atoms with Gasteiger partial charge in [0.2, 0.25) is 0 Å². The molecule has 0 bridgehead atoms. The van der Waals surface area contributed by atoms with Crippen molar-refractivity contribution in [1.82, 2.24) is 9.97 Å². The van der Waals surface area contributed by atoms with Crippen LogP contribution >= 0.6 is 0 Å². The largest absolute Gasteiger partial charge is 0.299 e. The van der Waals surface area contributed by atoms with Gasteiger partial charge >= 0.3 is 0 Å². The lowest BCUT2D eigenvalue weighted by Crippen LogP contribution is -2.23. The van der Waals surface area contributed by atoms with E-state index >= 15 is 0 Å². The summed E-state index contributed by atoms with van der Waals surface area (Å²) in [5.41, 5.74) is 1.46. The van der Waals surface area contributed by atoms with Crippen LogP contribution in [0.25, 0.3) is 0 Å². The van der Waals surface area contributed by atoms with Crippen LogP contribution in [0.15, 0.2) is 6.07 Å². The van der Waals surface area contributed by atoms with Gasteiger partial charge < -0.3 is 0 Å². The molecule has 0 aliphatic rings. The molecule has 0 unspecified atom stereocenters. The Bertz CT molecular complexity index is 417. The lowest BCUT2D eigenvalue weighted by molar-refractivity contribution is -0.125. The van der Waals surface area contributed by atoms with E-state index in [2.05, 4.69) is 23.8 Å². The standard InChI is InChI=1S/C14H22N2O/c1-9(2)13-15-10(3)7-11(16-13)8-12(17)14(4,5)6/h7,9H,8H2,1-6H3. The minimum absolute atomic E-state index is 0.213. The van der Waals surface area contributed by atoms with Crippen LogP contribution in [0.3, 0.4) is 0 Å². The van der Waals surface area contributed by atoms with Gasteiger partial charge in [0.1, 0.15) is 11.6 Å². The second-order valence-electron chi connectivity index (χ2n) is 5.86. The van der Waals surface area contributed by atoms with Gasteiger partial charge in [0, 0.05) is 23.4 Å². The van der Waals surface area contributed by atoms with Gasteiger partial charge in [-0.3, -0.25) is 4.79 Å². The number of ketones is 1. The van der Waals surface area contributed by atoms with Gasteiger partial charge in [0.15, 0.2) is 0 Å². The van der Waals surface area contributed by atoms with Crippen molar-refractivity contribution in [3.05, 3.63) is 23.3 Å². The maximum Gasteiger partial charge on any atom is 0.144 e. The van der Waals surface area contributed by atoms with E-state index in [1.807, 2.05) is 33.8 Å². The molecule has 0 aliphatic carbocycles. The maximum absolute atomic E-state index is 12.0. The summed E-state index contributed by atoms with van der Waals surface area (Å²) in [5, 5.41) is 0. The van der Waals surface area contributed by atoms with Crippen molar-refractivity contribution in [2.45, 2.75) is 53.9 Å². The maximum atomic E-state index is 12.0. The normalized spacial score (nSPS) is 11.9. The molecule has 1 heterocycles. The molecule has 0 aromatic carbocycles. The Hall–Kier alpha value is -1.25. The first-order valence-electron chi connectivity index (χ1n) is 6.08. The lowest BCUT2D eigenvalue weighted by Gasteiger charge is -2.16. The first kappa shape index (κ1) is 13.8. The third kappa shape index (κ3) is 3.91. The summed E-state index contributed by atoms with van der Waals surface area (Å²) < 4.78 is 0. The number of nitrogens with zero attached hydrogens (tertiary/aromatic N) is 2. The number of aromatic nitrogens is 2. The molecule has 0 atom stereocenters. The molecule has 0 N–H and O–H groups in total. The van der Waals surface area contributed by atoms with Crippen molar-refractivity contribution >= 4 is 5.78 Å². The first-order valence-corrected chi connectivity index (χ1v) is 6.08. The van der Waals surface area contributed by atoms with Gasteiger partial charge in [0.25, 0.3) is 0 Å². The van der Waals surface area contributed by atoms with Crippen molar-refractivity contribution < 1.29 is 4.79 Å². The van der Waals surface area contributed by atoms with Crippen LogP contribution in [0.5, 0.6) is 0 Å². The fraction of sp³-hybridized carbons (Fsp3) is 0.643. The summed E-state index contributed by atoms with van der Waals surface area (Å²) in [6.45, 7) is 11.9. The van der Waals surface area contributed by atoms with Crippen molar-refractivity contribution in [1.29, 1.82) is 0 Å². The Balaban J connectivity index is 2.96. The van der Waals surface area contributed by atoms with Gasteiger partial charge in [-0.15, -0.1) is 0 Å². The molecule has 94 valence electrons. The smallest absolute Gasteiger partial charge is 0.144 e. The van der Waals surface area contributed by atoms with Crippen LogP contribution in [-0.4, -0.2) is 15.8 Å². The third-order valence-corrected chi connectivity index (χ3v) is 2.62. The Labute approximate surface area is 104 Å². The molecular weight excluding hydrogens is 212 g/mol. The second-order valence-corrected chi connectivity index (χ2v) is 5.86. The van der Waals surface area contributed by atoms with E-state index in [9.17, 15) is 4.79 Å². The topological polar surface area (TPSA) is 42.9 Å². The number of hydrogen-bond acceptors (Lipinski definition) is 3. The van der Waals surface area contributed by atoms with E-state index in [1.54, 1.807) is 0 Å². The lowest BCUT2D eigenvalue weighted by atomic mass is 9.88. The molecule has 0 radical (unpaired) electrons. The fourth-order valence-corrected chi connectivity index (χ4v) is 1.44. The van der Waals surface area contributed by atoms with E-state index in [1.165, 1.54) is 0 Å². The minimum atomic E-state index is -0.309. The molecule has 0 aliphatic heterocycles. The van der Waals surface area contributed by atoms with Crippen LogP contribution < -0.4 is 0 Å². The van der Waals surface area contributed by atoms with E-state index in [0.29, 0.717) is 12.3 Å². The molecular formula is C14H22N2O. The van der Waals surface area contributed by atoms with Crippen LogP contribution in [0.2, 0.25) is 0 Å². The minimum Gasteiger partial charge on any atom is -0.299 e. The Morgan fingerprint density at radius 2 is 1.88 bits per heavy atom. The van der Waals surface area contributed by atoms with Crippen LogP contribution in [0.1, 0.15) is 57.7 Å². The molecule has 0 fully saturated rings. The number of carbonyl (C=O) groups excluding carboxylic acids is 1. The SMILES string of the molecule is Cc1cc(CC(=O)C(C)(C)C)nc(C(C)C)n1. The quantitative estimate of drug-likeness (QED) is 0.807. The molecule has 1 aromatic heterocycles. The van der Waals surface area contributed by atoms with Gasteiger partial charge in [-0.1, -0.05) is 34.6 Å². The molecule has 17 heavy (non-hydrogen) atoms. The number of hydrogen-bond donors (Lipinski definition) is 0. The van der Waals surface area contributed by atoms with Crippen molar-refractivity contribution in [2.24, 2.45) is 5.41 Å². The van der Waals surface area contributed by atoms with Crippen molar-refractivity contribution in [3.63, 3.8) is 0 Å². The van der Waals surface area contributed by atoms with Crippen LogP contribution in [0.4, 0.5) is 0 Å². The predicted octanol–water partition coefficient (Wildman–Crippen LogP) is 3.07. The highest BCUT2D eigenvalue weighted by molar-refractivity contribution is 5.85. The van der Waals surface area contributed by atoms with E-state index < -0.39 is 0 Å². The highest BCUT2D eigenvalue weighted by Crippen LogP contribution is 2.18. The summed E-state index contributed by atoms with van der Waals surface area (Å²) in [6.07, 6.45) is 0.395. The summed E-state index contributed by atoms with van der Waals surface area (Å²) in [6, 6.07) is 1.90. The number of Topliss-reactive ketones (excluding diaryl/α,β-unsaturated/α-hetero) is 1. The molecule has 3 heteroatoms.